The van der Waals surface area contributed by atoms with Gasteiger partial charge in [-0.1, -0.05) is 17.7 Å². The molecular weight excluding hydrogens is 368 g/mol. The Labute approximate surface area is 150 Å². The van der Waals surface area contributed by atoms with Crippen LogP contribution in [-0.4, -0.2) is 20.9 Å². The molecule has 5 nitrogen and oxygen atoms in total. The second kappa shape index (κ2) is 6.74. The molecule has 1 aromatic carbocycles. The molecule has 1 fully saturated rings. The first kappa shape index (κ1) is 17.3. The van der Waals surface area contributed by atoms with Gasteiger partial charge in [0.25, 0.3) is 10.0 Å². The molecule has 1 aromatic heterocycles. The Morgan fingerprint density at radius 1 is 1.21 bits per heavy atom. The van der Waals surface area contributed by atoms with E-state index in [0.717, 1.165) is 35.4 Å². The van der Waals surface area contributed by atoms with Gasteiger partial charge in [-0.2, -0.15) is 0 Å². The first-order valence-electron chi connectivity index (χ1n) is 7.56. The molecule has 1 amide bonds. The lowest BCUT2D eigenvalue weighted by Gasteiger charge is -2.28. The van der Waals surface area contributed by atoms with Gasteiger partial charge in [0.15, 0.2) is 0 Å². The molecule has 0 radical (unpaired) electrons. The SMILES string of the molecule is Cc1ccc(NS(=O)(=O)c2ccc(Cl)s2)cc1N1CCCCC1=O. The average molecular weight is 385 g/mol. The van der Waals surface area contributed by atoms with Crippen LogP contribution in [0.15, 0.2) is 34.5 Å². The number of piperidine rings is 1. The summed E-state index contributed by atoms with van der Waals surface area (Å²) in [5.74, 6) is 0.0781. The molecule has 8 heteroatoms. The van der Waals surface area contributed by atoms with Gasteiger partial charge in [0.1, 0.15) is 4.21 Å². The fourth-order valence-corrected chi connectivity index (χ4v) is 5.20. The summed E-state index contributed by atoms with van der Waals surface area (Å²) in [6, 6.07) is 8.24. The van der Waals surface area contributed by atoms with Gasteiger partial charge in [-0.25, -0.2) is 8.42 Å². The maximum absolute atomic E-state index is 12.4. The zero-order chi connectivity index (χ0) is 17.3. The van der Waals surface area contributed by atoms with Crippen LogP contribution in [0.25, 0.3) is 0 Å². The Bertz CT molecular complexity index is 877. The third-order valence-electron chi connectivity index (χ3n) is 3.89. The van der Waals surface area contributed by atoms with E-state index in [0.29, 0.717) is 23.0 Å². The van der Waals surface area contributed by atoms with Crippen LogP contribution in [0.5, 0.6) is 0 Å². The van der Waals surface area contributed by atoms with Gasteiger partial charge in [0.05, 0.1) is 10.0 Å². The molecule has 3 rings (SSSR count). The van der Waals surface area contributed by atoms with Crippen LogP contribution >= 0.6 is 22.9 Å². The van der Waals surface area contributed by atoms with Crippen LogP contribution in [0.2, 0.25) is 4.34 Å². The highest BCUT2D eigenvalue weighted by atomic mass is 35.5. The monoisotopic (exact) mass is 384 g/mol. The Morgan fingerprint density at radius 3 is 2.67 bits per heavy atom. The summed E-state index contributed by atoms with van der Waals surface area (Å²) < 4.78 is 28.0. The molecule has 1 aliphatic heterocycles. The lowest BCUT2D eigenvalue weighted by atomic mass is 10.1. The van der Waals surface area contributed by atoms with Crippen molar-refractivity contribution in [1.29, 1.82) is 0 Å². The number of halogens is 1. The molecule has 0 bridgehead atoms. The molecule has 1 saturated heterocycles. The van der Waals surface area contributed by atoms with Crippen LogP contribution in [0.3, 0.4) is 0 Å². The van der Waals surface area contributed by atoms with Crippen molar-refractivity contribution < 1.29 is 13.2 Å². The van der Waals surface area contributed by atoms with E-state index in [9.17, 15) is 13.2 Å². The number of amides is 1. The van der Waals surface area contributed by atoms with E-state index in [4.69, 9.17) is 11.6 Å². The van der Waals surface area contributed by atoms with Crippen molar-refractivity contribution in [3.05, 3.63) is 40.2 Å². The van der Waals surface area contributed by atoms with Crippen molar-refractivity contribution in [3.63, 3.8) is 0 Å². The average Bonchev–Trinajstić information content (AvgIpc) is 2.97. The summed E-state index contributed by atoms with van der Waals surface area (Å²) >= 11 is 6.82. The van der Waals surface area contributed by atoms with E-state index in [1.165, 1.54) is 6.07 Å². The molecule has 0 spiro atoms. The van der Waals surface area contributed by atoms with Gasteiger partial charge in [-0.3, -0.25) is 9.52 Å². The van der Waals surface area contributed by atoms with Gasteiger partial charge in [-0.05, 0) is 49.6 Å². The number of benzene rings is 1. The molecule has 0 saturated carbocycles. The number of nitrogens with one attached hydrogen (secondary N) is 1. The third-order valence-corrected chi connectivity index (χ3v) is 6.99. The minimum absolute atomic E-state index is 0.0781. The number of aryl methyl sites for hydroxylation is 1. The largest absolute Gasteiger partial charge is 0.312 e. The molecule has 0 atom stereocenters. The van der Waals surface area contributed by atoms with Crippen molar-refractivity contribution in [3.8, 4) is 0 Å². The van der Waals surface area contributed by atoms with Crippen molar-refractivity contribution in [2.24, 2.45) is 0 Å². The molecule has 128 valence electrons. The van der Waals surface area contributed by atoms with Crippen LogP contribution in [0.1, 0.15) is 24.8 Å². The fraction of sp³-hybridized carbons (Fsp3) is 0.312. The van der Waals surface area contributed by atoms with Crippen molar-refractivity contribution >= 4 is 50.2 Å². The van der Waals surface area contributed by atoms with Gasteiger partial charge in [0, 0.05) is 18.7 Å². The summed E-state index contributed by atoms with van der Waals surface area (Å²) in [5.41, 5.74) is 2.12. The summed E-state index contributed by atoms with van der Waals surface area (Å²) in [5, 5.41) is 0. The number of sulfonamides is 1. The van der Waals surface area contributed by atoms with E-state index in [2.05, 4.69) is 4.72 Å². The lowest BCUT2D eigenvalue weighted by Crippen LogP contribution is -2.35. The number of carbonyl (C=O) groups is 1. The maximum atomic E-state index is 12.4. The highest BCUT2D eigenvalue weighted by Crippen LogP contribution is 2.31. The minimum Gasteiger partial charge on any atom is -0.312 e. The standard InChI is InChI=1S/C16H17ClN2O3S2/c1-11-5-6-12(10-13(11)19-9-3-2-4-15(19)20)18-24(21,22)16-8-7-14(17)23-16/h5-8,10,18H,2-4,9H2,1H3. The smallest absolute Gasteiger partial charge is 0.271 e. The van der Waals surface area contributed by atoms with Gasteiger partial charge in [0.2, 0.25) is 5.91 Å². The van der Waals surface area contributed by atoms with E-state index < -0.39 is 10.0 Å². The van der Waals surface area contributed by atoms with Crippen molar-refractivity contribution in [2.45, 2.75) is 30.4 Å². The normalized spacial score (nSPS) is 15.6. The third kappa shape index (κ3) is 3.58. The number of thiophene rings is 1. The quantitative estimate of drug-likeness (QED) is 0.865. The van der Waals surface area contributed by atoms with Gasteiger partial charge in [-0.15, -0.1) is 11.3 Å². The van der Waals surface area contributed by atoms with Crippen molar-refractivity contribution in [1.82, 2.24) is 0 Å². The molecule has 1 N–H and O–H groups in total. The second-order valence-electron chi connectivity index (χ2n) is 5.67. The summed E-state index contributed by atoms with van der Waals surface area (Å²) in [6.07, 6.45) is 2.39. The van der Waals surface area contributed by atoms with Crippen molar-refractivity contribution in [2.75, 3.05) is 16.2 Å². The zero-order valence-electron chi connectivity index (χ0n) is 13.1. The van der Waals surface area contributed by atoms with E-state index in [-0.39, 0.29) is 10.1 Å². The summed E-state index contributed by atoms with van der Waals surface area (Å²) in [7, 11) is -3.69. The predicted molar refractivity (Wildman–Crippen MR) is 97.5 cm³/mol. The number of nitrogens with zero attached hydrogens (tertiary/aromatic N) is 1. The highest BCUT2D eigenvalue weighted by Gasteiger charge is 2.22. The first-order valence-corrected chi connectivity index (χ1v) is 10.2. The highest BCUT2D eigenvalue weighted by molar-refractivity contribution is 7.94. The number of hydrogen-bond acceptors (Lipinski definition) is 4. The van der Waals surface area contributed by atoms with Crippen LogP contribution < -0.4 is 9.62 Å². The topological polar surface area (TPSA) is 66.5 Å². The molecular formula is C16H17ClN2O3S2. The van der Waals surface area contributed by atoms with Gasteiger partial charge >= 0.3 is 0 Å². The van der Waals surface area contributed by atoms with E-state index in [1.54, 1.807) is 23.1 Å². The Hall–Kier alpha value is -1.57. The Balaban J connectivity index is 1.90. The van der Waals surface area contributed by atoms with Gasteiger partial charge < -0.3 is 4.90 Å². The molecule has 0 aliphatic carbocycles. The second-order valence-corrected chi connectivity index (χ2v) is 9.29. The molecule has 0 unspecified atom stereocenters. The predicted octanol–water partition coefficient (Wildman–Crippen LogP) is 4.03. The van der Waals surface area contributed by atoms with Crippen LogP contribution in [-0.2, 0) is 14.8 Å². The number of carbonyl (C=O) groups excluding carboxylic acids is 1. The fourth-order valence-electron chi connectivity index (χ4n) is 2.67. The molecule has 24 heavy (non-hydrogen) atoms. The Morgan fingerprint density at radius 2 is 2.00 bits per heavy atom. The van der Waals surface area contributed by atoms with E-state index >= 15 is 0 Å². The minimum atomic E-state index is -3.69. The lowest BCUT2D eigenvalue weighted by molar-refractivity contribution is -0.119. The number of rotatable bonds is 4. The first-order chi connectivity index (χ1) is 11.4. The maximum Gasteiger partial charge on any atom is 0.271 e. The number of hydrogen-bond donors (Lipinski definition) is 1. The molecule has 2 heterocycles. The summed E-state index contributed by atoms with van der Waals surface area (Å²) in [4.78, 5) is 13.9. The van der Waals surface area contributed by atoms with Crippen LogP contribution in [0, 0.1) is 6.92 Å². The molecule has 1 aliphatic rings. The number of anilines is 2. The molecule has 2 aromatic rings. The summed E-state index contributed by atoms with van der Waals surface area (Å²) in [6.45, 7) is 2.57. The van der Waals surface area contributed by atoms with Crippen LogP contribution in [0.4, 0.5) is 11.4 Å². The van der Waals surface area contributed by atoms with E-state index in [1.807, 2.05) is 13.0 Å². The zero-order valence-corrected chi connectivity index (χ0v) is 15.5. The Kier molecular flexibility index (Phi) is 4.85.